The topological polar surface area (TPSA) is 81.1 Å². The first-order chi connectivity index (χ1) is 11.9. The summed E-state index contributed by atoms with van der Waals surface area (Å²) in [5, 5.41) is 2.99. The molecule has 1 amide bonds. The van der Waals surface area contributed by atoms with E-state index in [1.807, 2.05) is 32.0 Å². The van der Waals surface area contributed by atoms with Gasteiger partial charge in [0, 0.05) is 17.1 Å². The van der Waals surface area contributed by atoms with Crippen LogP contribution in [0, 0.1) is 0 Å². The maximum atomic E-state index is 12.9. The summed E-state index contributed by atoms with van der Waals surface area (Å²) in [6.45, 7) is 8.27. The molecule has 134 valence electrons. The zero-order chi connectivity index (χ0) is 18.6. The van der Waals surface area contributed by atoms with Crippen molar-refractivity contribution in [1.82, 2.24) is 0 Å². The summed E-state index contributed by atoms with van der Waals surface area (Å²) < 4.78 is 0. The van der Waals surface area contributed by atoms with Crippen molar-refractivity contribution in [1.29, 1.82) is 0 Å². The lowest BCUT2D eigenvalue weighted by molar-refractivity contribution is 0.102. The minimum absolute atomic E-state index is 0.240. The van der Waals surface area contributed by atoms with Gasteiger partial charge < -0.3 is 16.8 Å². The molecule has 2 aromatic carbocycles. The van der Waals surface area contributed by atoms with Crippen LogP contribution in [0.2, 0.25) is 0 Å². The second kappa shape index (κ2) is 8.06. The lowest BCUT2D eigenvalue weighted by Gasteiger charge is -2.17. The van der Waals surface area contributed by atoms with E-state index in [0.717, 1.165) is 42.5 Å². The van der Waals surface area contributed by atoms with Crippen LogP contribution in [0.15, 0.2) is 24.3 Å². The van der Waals surface area contributed by atoms with Gasteiger partial charge in [-0.3, -0.25) is 4.79 Å². The lowest BCUT2D eigenvalue weighted by Crippen LogP contribution is -2.19. The first-order valence-electron chi connectivity index (χ1n) is 9.08. The average molecular weight is 339 g/mol. The van der Waals surface area contributed by atoms with Crippen LogP contribution in [0.1, 0.15) is 60.3 Å². The summed E-state index contributed by atoms with van der Waals surface area (Å²) in [5.74, 6) is -0.240. The zero-order valence-electron chi connectivity index (χ0n) is 15.7. The molecule has 25 heavy (non-hydrogen) atoms. The maximum Gasteiger partial charge on any atom is 0.259 e. The Morgan fingerprint density at radius 2 is 1.28 bits per heavy atom. The Kier molecular flexibility index (Phi) is 6.07. The van der Waals surface area contributed by atoms with Crippen LogP contribution in [0.25, 0.3) is 0 Å². The van der Waals surface area contributed by atoms with E-state index in [4.69, 9.17) is 11.5 Å². The molecular weight excluding hydrogens is 310 g/mol. The van der Waals surface area contributed by atoms with E-state index < -0.39 is 0 Å². The van der Waals surface area contributed by atoms with E-state index in [0.29, 0.717) is 16.9 Å². The second-order valence-corrected chi connectivity index (χ2v) is 6.30. The van der Waals surface area contributed by atoms with Gasteiger partial charge in [-0.1, -0.05) is 39.8 Å². The van der Waals surface area contributed by atoms with Gasteiger partial charge in [0.15, 0.2) is 0 Å². The molecule has 2 aromatic rings. The van der Waals surface area contributed by atoms with Crippen molar-refractivity contribution in [2.75, 3.05) is 16.8 Å². The Morgan fingerprint density at radius 1 is 0.800 bits per heavy atom. The fourth-order valence-corrected chi connectivity index (χ4v) is 3.10. The number of hydrogen-bond donors (Lipinski definition) is 3. The number of nitrogens with two attached hydrogens (primary N) is 2. The normalized spacial score (nSPS) is 10.7. The second-order valence-electron chi connectivity index (χ2n) is 6.30. The molecule has 0 aliphatic heterocycles. The van der Waals surface area contributed by atoms with Gasteiger partial charge in [-0.15, -0.1) is 0 Å². The van der Waals surface area contributed by atoms with Crippen LogP contribution in [0.3, 0.4) is 0 Å². The van der Waals surface area contributed by atoms with Crippen LogP contribution >= 0.6 is 0 Å². The monoisotopic (exact) mass is 339 g/mol. The minimum Gasteiger partial charge on any atom is -0.398 e. The third-order valence-electron chi connectivity index (χ3n) is 4.69. The third-order valence-corrected chi connectivity index (χ3v) is 4.69. The molecule has 4 heteroatoms. The van der Waals surface area contributed by atoms with Gasteiger partial charge in [0.1, 0.15) is 0 Å². The molecule has 5 N–H and O–H groups in total. The number of nitrogens with one attached hydrogen (secondary N) is 1. The van der Waals surface area contributed by atoms with Crippen LogP contribution in [-0.2, 0) is 25.7 Å². The Morgan fingerprint density at radius 3 is 1.68 bits per heavy atom. The van der Waals surface area contributed by atoms with E-state index in [1.165, 1.54) is 11.1 Å². The van der Waals surface area contributed by atoms with Gasteiger partial charge in [-0.05, 0) is 60.1 Å². The number of rotatable bonds is 6. The SMILES string of the molecule is CCc1cc(CC)cc(NC(=O)c2c(N)c(CC)cc(CC)c2N)c1. The average Bonchev–Trinajstić information content (AvgIpc) is 2.61. The van der Waals surface area contributed by atoms with Crippen LogP contribution in [0.4, 0.5) is 17.1 Å². The maximum absolute atomic E-state index is 12.9. The van der Waals surface area contributed by atoms with Crippen molar-refractivity contribution in [2.24, 2.45) is 0 Å². The summed E-state index contributed by atoms with van der Waals surface area (Å²) in [4.78, 5) is 12.9. The molecule has 0 aliphatic rings. The molecule has 0 saturated carbocycles. The number of nitrogen functional groups attached to an aromatic ring is 2. The predicted octanol–water partition coefficient (Wildman–Crippen LogP) is 4.35. The molecular formula is C21H29N3O. The minimum atomic E-state index is -0.240. The van der Waals surface area contributed by atoms with E-state index in [2.05, 4.69) is 25.2 Å². The lowest BCUT2D eigenvalue weighted by atomic mass is 9.96. The molecule has 0 fully saturated rings. The van der Waals surface area contributed by atoms with Crippen LogP contribution in [-0.4, -0.2) is 5.91 Å². The largest absolute Gasteiger partial charge is 0.398 e. The number of carbonyl (C=O) groups is 1. The third kappa shape index (κ3) is 3.95. The quantitative estimate of drug-likeness (QED) is 0.684. The van der Waals surface area contributed by atoms with Crippen molar-refractivity contribution < 1.29 is 4.79 Å². The number of carbonyl (C=O) groups excluding carboxylic acids is 1. The van der Waals surface area contributed by atoms with E-state index in [-0.39, 0.29) is 5.91 Å². The fraction of sp³-hybridized carbons (Fsp3) is 0.381. The highest BCUT2D eigenvalue weighted by Crippen LogP contribution is 2.30. The molecule has 0 spiro atoms. The van der Waals surface area contributed by atoms with Gasteiger partial charge in [0.25, 0.3) is 5.91 Å². The van der Waals surface area contributed by atoms with E-state index in [1.54, 1.807) is 0 Å². The zero-order valence-corrected chi connectivity index (χ0v) is 15.7. The number of hydrogen-bond acceptors (Lipinski definition) is 3. The molecule has 0 saturated heterocycles. The molecule has 0 unspecified atom stereocenters. The Balaban J connectivity index is 2.45. The summed E-state index contributed by atoms with van der Waals surface area (Å²) in [6.07, 6.45) is 3.38. The highest BCUT2D eigenvalue weighted by Gasteiger charge is 2.19. The van der Waals surface area contributed by atoms with E-state index >= 15 is 0 Å². The van der Waals surface area contributed by atoms with Crippen molar-refractivity contribution in [2.45, 2.75) is 53.4 Å². The molecule has 0 bridgehead atoms. The predicted molar refractivity (Wildman–Crippen MR) is 107 cm³/mol. The summed E-state index contributed by atoms with van der Waals surface area (Å²) in [6, 6.07) is 8.20. The fourth-order valence-electron chi connectivity index (χ4n) is 3.10. The molecule has 2 rings (SSSR count). The Labute approximate surface area is 150 Å². The van der Waals surface area contributed by atoms with Crippen molar-refractivity contribution >= 4 is 23.0 Å². The van der Waals surface area contributed by atoms with E-state index in [9.17, 15) is 4.79 Å². The first kappa shape index (κ1) is 18.8. The Bertz CT molecular complexity index is 731. The van der Waals surface area contributed by atoms with Crippen LogP contribution in [0.5, 0.6) is 0 Å². The molecule has 0 aromatic heterocycles. The van der Waals surface area contributed by atoms with Crippen molar-refractivity contribution in [3.8, 4) is 0 Å². The van der Waals surface area contributed by atoms with Crippen molar-refractivity contribution in [3.63, 3.8) is 0 Å². The molecule has 4 nitrogen and oxygen atoms in total. The molecule has 0 atom stereocenters. The first-order valence-corrected chi connectivity index (χ1v) is 9.08. The smallest absolute Gasteiger partial charge is 0.259 e. The van der Waals surface area contributed by atoms with Gasteiger partial charge in [-0.25, -0.2) is 0 Å². The molecule has 0 radical (unpaired) electrons. The van der Waals surface area contributed by atoms with Gasteiger partial charge in [0.2, 0.25) is 0 Å². The summed E-state index contributed by atoms with van der Waals surface area (Å²) in [7, 11) is 0. The van der Waals surface area contributed by atoms with Gasteiger partial charge >= 0.3 is 0 Å². The summed E-state index contributed by atoms with van der Waals surface area (Å²) in [5.41, 5.74) is 19.0. The standard InChI is InChI=1S/C21H29N3O/c1-5-13-9-14(6-2)11-17(10-13)24-21(25)18-19(22)15(7-3)12-16(8-4)20(18)23/h9-12H,5-8,22-23H2,1-4H3,(H,24,25). The summed E-state index contributed by atoms with van der Waals surface area (Å²) >= 11 is 0. The molecule has 0 heterocycles. The highest BCUT2D eigenvalue weighted by atomic mass is 16.1. The number of aryl methyl sites for hydroxylation is 4. The van der Waals surface area contributed by atoms with Gasteiger partial charge in [-0.2, -0.15) is 0 Å². The van der Waals surface area contributed by atoms with Crippen LogP contribution < -0.4 is 16.8 Å². The van der Waals surface area contributed by atoms with Crippen molar-refractivity contribution in [3.05, 3.63) is 52.1 Å². The highest BCUT2D eigenvalue weighted by molar-refractivity contribution is 6.12. The number of benzene rings is 2. The molecule has 0 aliphatic carbocycles. The number of amides is 1. The number of anilines is 3. The Hall–Kier alpha value is -2.49. The van der Waals surface area contributed by atoms with Gasteiger partial charge in [0.05, 0.1) is 5.56 Å².